The number of urea groups is 1. The van der Waals surface area contributed by atoms with Crippen molar-refractivity contribution >= 4 is 35.1 Å². The van der Waals surface area contributed by atoms with E-state index in [-0.39, 0.29) is 36.7 Å². The van der Waals surface area contributed by atoms with Crippen molar-refractivity contribution in [3.8, 4) is 0 Å². The summed E-state index contributed by atoms with van der Waals surface area (Å²) in [5.74, 6) is -0.843. The molecule has 2 atom stereocenters. The summed E-state index contributed by atoms with van der Waals surface area (Å²) in [6.45, 7) is 2.03. The van der Waals surface area contributed by atoms with Gasteiger partial charge in [0.1, 0.15) is 12.6 Å². The van der Waals surface area contributed by atoms with E-state index < -0.39 is 12.1 Å². The first-order valence-electron chi connectivity index (χ1n) is 8.80. The van der Waals surface area contributed by atoms with Gasteiger partial charge in [0.25, 0.3) is 5.91 Å². The van der Waals surface area contributed by atoms with Gasteiger partial charge in [-0.25, -0.2) is 4.79 Å². The first kappa shape index (κ1) is 16.6. The number of nitrogens with one attached hydrogen (secondary N) is 1. The number of hydrogen-bond donors (Lipinski definition) is 1. The van der Waals surface area contributed by atoms with Crippen LogP contribution in [0.2, 0.25) is 0 Å². The third-order valence-electron chi connectivity index (χ3n) is 5.20. The molecule has 136 valence electrons. The highest BCUT2D eigenvalue weighted by molar-refractivity contribution is 6.10. The standard InChI is InChI=1S/C18H20N4O4/c1-11-9-15(23)19-12-5-2-3-6-13(12)22(11)16(24)10-21-17(25)14-7-4-8-20(14)18(21)26/h2-3,5-6,11,14H,4,7-10H2,1H3,(H,19,23)/t11-,14-/m1/s1. The van der Waals surface area contributed by atoms with Crippen LogP contribution >= 0.6 is 0 Å². The van der Waals surface area contributed by atoms with Crippen LogP contribution in [-0.2, 0) is 14.4 Å². The molecule has 1 N–H and O–H groups in total. The Kier molecular flexibility index (Phi) is 3.90. The van der Waals surface area contributed by atoms with Gasteiger partial charge in [-0.15, -0.1) is 0 Å². The summed E-state index contributed by atoms with van der Waals surface area (Å²) in [5, 5.41) is 2.79. The van der Waals surface area contributed by atoms with Gasteiger partial charge in [-0.05, 0) is 31.9 Å². The number of para-hydroxylation sites is 2. The summed E-state index contributed by atoms with van der Waals surface area (Å²) in [5.41, 5.74) is 1.13. The second kappa shape index (κ2) is 6.12. The van der Waals surface area contributed by atoms with Crippen molar-refractivity contribution in [2.75, 3.05) is 23.3 Å². The van der Waals surface area contributed by atoms with Gasteiger partial charge in [-0.1, -0.05) is 12.1 Å². The van der Waals surface area contributed by atoms with Crippen molar-refractivity contribution in [3.05, 3.63) is 24.3 Å². The van der Waals surface area contributed by atoms with E-state index in [0.717, 1.165) is 11.3 Å². The van der Waals surface area contributed by atoms with Crippen molar-refractivity contribution in [1.29, 1.82) is 0 Å². The van der Waals surface area contributed by atoms with Crippen LogP contribution in [0.15, 0.2) is 24.3 Å². The number of rotatable bonds is 2. The number of anilines is 2. The number of fused-ring (bicyclic) bond motifs is 2. The molecule has 1 aromatic rings. The predicted octanol–water partition coefficient (Wildman–Crippen LogP) is 1.18. The normalized spacial score (nSPS) is 25.1. The summed E-state index contributed by atoms with van der Waals surface area (Å²) < 4.78 is 0. The zero-order valence-corrected chi connectivity index (χ0v) is 14.5. The molecule has 2 saturated heterocycles. The molecule has 3 heterocycles. The van der Waals surface area contributed by atoms with E-state index in [4.69, 9.17) is 0 Å². The minimum Gasteiger partial charge on any atom is -0.324 e. The molecule has 0 saturated carbocycles. The Morgan fingerprint density at radius 1 is 1.23 bits per heavy atom. The van der Waals surface area contributed by atoms with Gasteiger partial charge in [-0.3, -0.25) is 19.3 Å². The van der Waals surface area contributed by atoms with Gasteiger partial charge in [0, 0.05) is 19.0 Å². The number of hydrogen-bond acceptors (Lipinski definition) is 4. The lowest BCUT2D eigenvalue weighted by molar-refractivity contribution is -0.131. The van der Waals surface area contributed by atoms with Crippen LogP contribution < -0.4 is 10.2 Å². The fourth-order valence-corrected chi connectivity index (χ4v) is 4.01. The topological polar surface area (TPSA) is 90.0 Å². The molecule has 0 radical (unpaired) electrons. The Bertz CT molecular complexity index is 786. The summed E-state index contributed by atoms with van der Waals surface area (Å²) in [6, 6.07) is 5.85. The predicted molar refractivity (Wildman–Crippen MR) is 93.5 cm³/mol. The minimum absolute atomic E-state index is 0.150. The van der Waals surface area contributed by atoms with E-state index >= 15 is 0 Å². The molecule has 4 rings (SSSR count). The van der Waals surface area contributed by atoms with E-state index in [9.17, 15) is 19.2 Å². The van der Waals surface area contributed by atoms with E-state index in [0.29, 0.717) is 24.3 Å². The summed E-state index contributed by atoms with van der Waals surface area (Å²) >= 11 is 0. The zero-order valence-electron chi connectivity index (χ0n) is 14.5. The monoisotopic (exact) mass is 356 g/mol. The van der Waals surface area contributed by atoms with Gasteiger partial charge in [-0.2, -0.15) is 0 Å². The van der Waals surface area contributed by atoms with Crippen molar-refractivity contribution < 1.29 is 19.2 Å². The fourth-order valence-electron chi connectivity index (χ4n) is 4.01. The fraction of sp³-hybridized carbons (Fsp3) is 0.444. The first-order valence-corrected chi connectivity index (χ1v) is 8.80. The lowest BCUT2D eigenvalue weighted by Gasteiger charge is -2.29. The number of carbonyl (C=O) groups excluding carboxylic acids is 4. The number of nitrogens with zero attached hydrogens (tertiary/aromatic N) is 3. The van der Waals surface area contributed by atoms with E-state index in [1.165, 1.54) is 4.90 Å². The van der Waals surface area contributed by atoms with Crippen molar-refractivity contribution in [3.63, 3.8) is 0 Å². The third-order valence-corrected chi connectivity index (χ3v) is 5.20. The quantitative estimate of drug-likeness (QED) is 0.806. The van der Waals surface area contributed by atoms with Gasteiger partial charge >= 0.3 is 6.03 Å². The molecule has 0 aliphatic carbocycles. The maximum absolute atomic E-state index is 13.0. The lowest BCUT2D eigenvalue weighted by atomic mass is 10.1. The average molecular weight is 356 g/mol. The second-order valence-electron chi connectivity index (χ2n) is 6.94. The molecule has 8 nitrogen and oxygen atoms in total. The first-order chi connectivity index (χ1) is 12.5. The van der Waals surface area contributed by atoms with Crippen molar-refractivity contribution in [2.24, 2.45) is 0 Å². The van der Waals surface area contributed by atoms with Gasteiger partial charge in [0.2, 0.25) is 11.8 Å². The summed E-state index contributed by atoms with van der Waals surface area (Å²) in [4.78, 5) is 54.1. The third kappa shape index (κ3) is 2.53. The van der Waals surface area contributed by atoms with Gasteiger partial charge in [0.15, 0.2) is 0 Å². The van der Waals surface area contributed by atoms with Crippen LogP contribution in [0.4, 0.5) is 16.2 Å². The van der Waals surface area contributed by atoms with Crippen LogP contribution in [0.1, 0.15) is 26.2 Å². The van der Waals surface area contributed by atoms with Gasteiger partial charge in [0.05, 0.1) is 11.4 Å². The summed E-state index contributed by atoms with van der Waals surface area (Å²) in [6.07, 6.45) is 1.61. The Labute approximate surface area is 150 Å². The van der Waals surface area contributed by atoms with Crippen LogP contribution in [0.5, 0.6) is 0 Å². The molecule has 26 heavy (non-hydrogen) atoms. The van der Waals surface area contributed by atoms with Crippen LogP contribution in [0.3, 0.4) is 0 Å². The Morgan fingerprint density at radius 3 is 2.77 bits per heavy atom. The Balaban J connectivity index is 1.60. The smallest absolute Gasteiger partial charge is 0.324 e. The molecule has 0 spiro atoms. The largest absolute Gasteiger partial charge is 0.327 e. The molecule has 0 bridgehead atoms. The Morgan fingerprint density at radius 2 is 2.00 bits per heavy atom. The summed E-state index contributed by atoms with van der Waals surface area (Å²) in [7, 11) is 0. The van der Waals surface area contributed by atoms with E-state index in [2.05, 4.69) is 5.32 Å². The van der Waals surface area contributed by atoms with Crippen LogP contribution in [0, 0.1) is 0 Å². The number of carbonyl (C=O) groups is 4. The van der Waals surface area contributed by atoms with E-state index in [1.54, 1.807) is 36.1 Å². The molecule has 8 heteroatoms. The highest BCUT2D eigenvalue weighted by Crippen LogP contribution is 2.32. The number of amides is 5. The average Bonchev–Trinajstić information content (AvgIpc) is 3.12. The molecule has 1 aromatic carbocycles. The molecule has 0 aromatic heterocycles. The maximum atomic E-state index is 13.0. The molecule has 3 aliphatic heterocycles. The van der Waals surface area contributed by atoms with Crippen molar-refractivity contribution in [1.82, 2.24) is 9.80 Å². The van der Waals surface area contributed by atoms with Gasteiger partial charge < -0.3 is 15.1 Å². The van der Waals surface area contributed by atoms with E-state index in [1.807, 2.05) is 0 Å². The second-order valence-corrected chi connectivity index (χ2v) is 6.94. The molecular weight excluding hydrogens is 336 g/mol. The number of imide groups is 1. The molecular formula is C18H20N4O4. The lowest BCUT2D eigenvalue weighted by Crippen LogP contribution is -2.47. The molecule has 2 fully saturated rings. The molecule has 0 unspecified atom stereocenters. The van der Waals surface area contributed by atoms with Crippen molar-refractivity contribution in [2.45, 2.75) is 38.3 Å². The van der Waals surface area contributed by atoms with Crippen LogP contribution in [-0.4, -0.2) is 58.7 Å². The highest BCUT2D eigenvalue weighted by Gasteiger charge is 2.48. The number of benzene rings is 1. The SMILES string of the molecule is C[C@@H]1CC(=O)Nc2ccccc2N1C(=O)CN1C(=O)[C@H]2CCCN2C1=O. The zero-order chi connectivity index (χ0) is 18.4. The minimum atomic E-state index is -0.424. The molecule has 3 aliphatic rings. The molecule has 5 amide bonds. The van der Waals surface area contributed by atoms with Crippen LogP contribution in [0.25, 0.3) is 0 Å². The highest BCUT2D eigenvalue weighted by atomic mass is 16.2. The Hall–Kier alpha value is -2.90. The maximum Gasteiger partial charge on any atom is 0.327 e.